The van der Waals surface area contributed by atoms with Crippen LogP contribution in [0.2, 0.25) is 0 Å². The first-order valence-electron chi connectivity index (χ1n) is 9.79. The number of ether oxygens (including phenoxy) is 2. The van der Waals surface area contributed by atoms with Gasteiger partial charge in [0.15, 0.2) is 0 Å². The molecule has 2 aromatic carbocycles. The minimum atomic E-state index is -0.726. The number of hydrogen-bond acceptors (Lipinski definition) is 7. The Morgan fingerprint density at radius 2 is 1.94 bits per heavy atom. The van der Waals surface area contributed by atoms with Crippen molar-refractivity contribution in [2.75, 3.05) is 26.3 Å². The molecule has 0 radical (unpaired) electrons. The fraction of sp³-hybridized carbons (Fsp3) is 0.273. The number of aliphatic hydroxyl groups excluding tert-OH is 1. The van der Waals surface area contributed by atoms with E-state index in [1.807, 2.05) is 42.1 Å². The van der Waals surface area contributed by atoms with Crippen LogP contribution >= 0.6 is 0 Å². The summed E-state index contributed by atoms with van der Waals surface area (Å²) < 4.78 is 13.1. The number of carbonyl (C=O) groups excluding carboxylic acids is 1. The smallest absolute Gasteiger partial charge is 0.252 e. The summed E-state index contributed by atoms with van der Waals surface area (Å²) in [6.07, 6.45) is 2.94. The van der Waals surface area contributed by atoms with Crippen LogP contribution in [0.15, 0.2) is 54.9 Å². The van der Waals surface area contributed by atoms with Gasteiger partial charge in [-0.3, -0.25) is 4.79 Å². The Morgan fingerprint density at radius 1 is 1.19 bits per heavy atom. The van der Waals surface area contributed by atoms with Gasteiger partial charge in [-0.05, 0) is 42.5 Å². The van der Waals surface area contributed by atoms with Crippen molar-refractivity contribution in [3.8, 4) is 28.6 Å². The maximum absolute atomic E-state index is 11.2. The van der Waals surface area contributed by atoms with Crippen molar-refractivity contribution in [1.82, 2.24) is 14.9 Å². The number of primary amides is 1. The Morgan fingerprint density at radius 3 is 2.61 bits per heavy atom. The first kappa shape index (κ1) is 22.1. The van der Waals surface area contributed by atoms with E-state index < -0.39 is 12.0 Å². The lowest BCUT2D eigenvalue weighted by Crippen LogP contribution is -2.33. The van der Waals surface area contributed by atoms with Gasteiger partial charge in [0.2, 0.25) is 0 Å². The first-order chi connectivity index (χ1) is 14.9. The molecule has 9 heteroatoms. The predicted octanol–water partition coefficient (Wildman–Crippen LogP) is 1.30. The van der Waals surface area contributed by atoms with Gasteiger partial charge >= 0.3 is 0 Å². The minimum Gasteiger partial charge on any atom is -0.507 e. The molecule has 0 aliphatic rings. The number of imidazole rings is 1. The summed E-state index contributed by atoms with van der Waals surface area (Å²) in [6.45, 7) is 1.26. The fourth-order valence-corrected chi connectivity index (χ4v) is 2.91. The number of phenols is 1. The standard InChI is InChI=1S/C22H26N4O5/c1-26-10-8-25-22(26)15-2-4-17(5-3-15)31-14-16(27)13-24-9-11-30-18-6-7-20(28)19(12-18)21(23)29/h2-8,10,12,16,24,27-28H,9,11,13-14H2,1H3,(H2,23,29). The molecular formula is C22H26N4O5. The Hall–Kier alpha value is -3.56. The highest BCUT2D eigenvalue weighted by Gasteiger charge is 2.09. The molecule has 1 heterocycles. The van der Waals surface area contributed by atoms with E-state index in [2.05, 4.69) is 10.3 Å². The second kappa shape index (κ2) is 10.5. The molecule has 1 amide bonds. The third-order valence-electron chi connectivity index (χ3n) is 4.54. The van der Waals surface area contributed by atoms with Crippen molar-refractivity contribution in [1.29, 1.82) is 0 Å². The molecule has 0 spiro atoms. The van der Waals surface area contributed by atoms with Gasteiger partial charge in [0.25, 0.3) is 5.91 Å². The Bertz CT molecular complexity index is 1000. The van der Waals surface area contributed by atoms with Gasteiger partial charge in [-0.25, -0.2) is 4.98 Å². The molecule has 0 fully saturated rings. The van der Waals surface area contributed by atoms with E-state index in [-0.39, 0.29) is 17.9 Å². The molecule has 0 saturated carbocycles. The van der Waals surface area contributed by atoms with E-state index in [9.17, 15) is 15.0 Å². The zero-order chi connectivity index (χ0) is 22.2. The minimum absolute atomic E-state index is 0.00554. The summed E-state index contributed by atoms with van der Waals surface area (Å²) in [5, 5.41) is 22.7. The number of aliphatic hydroxyl groups is 1. The molecule has 0 aliphatic carbocycles. The average Bonchev–Trinajstić information content (AvgIpc) is 3.19. The number of nitrogens with two attached hydrogens (primary N) is 1. The van der Waals surface area contributed by atoms with E-state index in [1.165, 1.54) is 12.1 Å². The van der Waals surface area contributed by atoms with Crippen LogP contribution in [-0.4, -0.2) is 58.1 Å². The van der Waals surface area contributed by atoms with Crippen LogP contribution in [0.5, 0.6) is 17.2 Å². The summed E-state index contributed by atoms with van der Waals surface area (Å²) in [7, 11) is 1.93. The summed E-state index contributed by atoms with van der Waals surface area (Å²) in [4.78, 5) is 15.5. The molecule has 3 aromatic rings. The number of aromatic hydroxyl groups is 1. The summed E-state index contributed by atoms with van der Waals surface area (Å²) in [5.41, 5.74) is 6.18. The normalized spacial score (nSPS) is 11.8. The Balaban J connectivity index is 1.34. The number of benzene rings is 2. The van der Waals surface area contributed by atoms with Gasteiger partial charge in [0.05, 0.1) is 5.56 Å². The highest BCUT2D eigenvalue weighted by Crippen LogP contribution is 2.22. The number of carbonyl (C=O) groups is 1. The van der Waals surface area contributed by atoms with E-state index >= 15 is 0 Å². The summed E-state index contributed by atoms with van der Waals surface area (Å²) in [5.74, 6) is 1.04. The molecule has 0 aliphatic heterocycles. The van der Waals surface area contributed by atoms with E-state index in [0.29, 0.717) is 31.2 Å². The second-order valence-electron chi connectivity index (χ2n) is 6.95. The van der Waals surface area contributed by atoms with E-state index in [0.717, 1.165) is 11.4 Å². The third kappa shape index (κ3) is 6.21. The maximum Gasteiger partial charge on any atom is 0.252 e. The van der Waals surface area contributed by atoms with Crippen molar-refractivity contribution in [3.05, 3.63) is 60.4 Å². The number of nitrogens with zero attached hydrogens (tertiary/aromatic N) is 2. The van der Waals surface area contributed by atoms with E-state index in [1.54, 1.807) is 12.3 Å². The quantitative estimate of drug-likeness (QED) is 0.340. The zero-order valence-electron chi connectivity index (χ0n) is 17.2. The van der Waals surface area contributed by atoms with Crippen molar-refractivity contribution < 1.29 is 24.5 Å². The molecule has 1 atom stereocenters. The summed E-state index contributed by atoms with van der Waals surface area (Å²) in [6, 6.07) is 11.8. The van der Waals surface area contributed by atoms with Gasteiger partial charge in [-0.15, -0.1) is 0 Å². The van der Waals surface area contributed by atoms with Crippen LogP contribution in [0.3, 0.4) is 0 Å². The lowest BCUT2D eigenvalue weighted by atomic mass is 10.2. The second-order valence-corrected chi connectivity index (χ2v) is 6.95. The van der Waals surface area contributed by atoms with Crippen LogP contribution in [0.25, 0.3) is 11.4 Å². The SMILES string of the molecule is Cn1ccnc1-c1ccc(OCC(O)CNCCOc2ccc(O)c(C(N)=O)c2)cc1. The van der Waals surface area contributed by atoms with Gasteiger partial charge in [0, 0.05) is 38.1 Å². The number of amides is 1. The average molecular weight is 426 g/mol. The zero-order valence-corrected chi connectivity index (χ0v) is 17.2. The molecule has 1 aromatic heterocycles. The highest BCUT2D eigenvalue weighted by atomic mass is 16.5. The van der Waals surface area contributed by atoms with Gasteiger partial charge in [-0.1, -0.05) is 0 Å². The molecular weight excluding hydrogens is 400 g/mol. The van der Waals surface area contributed by atoms with Crippen LogP contribution in [0, 0.1) is 0 Å². The highest BCUT2D eigenvalue weighted by molar-refractivity contribution is 5.95. The van der Waals surface area contributed by atoms with E-state index in [4.69, 9.17) is 15.2 Å². The molecule has 31 heavy (non-hydrogen) atoms. The van der Waals surface area contributed by atoms with Gasteiger partial charge < -0.3 is 35.3 Å². The Kier molecular flexibility index (Phi) is 7.47. The lowest BCUT2D eigenvalue weighted by Gasteiger charge is -2.14. The molecule has 9 nitrogen and oxygen atoms in total. The monoisotopic (exact) mass is 426 g/mol. The van der Waals surface area contributed by atoms with Crippen LogP contribution in [0.4, 0.5) is 0 Å². The van der Waals surface area contributed by atoms with Crippen LogP contribution in [-0.2, 0) is 7.05 Å². The summed E-state index contributed by atoms with van der Waals surface area (Å²) >= 11 is 0. The topological polar surface area (TPSA) is 132 Å². The molecule has 0 saturated heterocycles. The van der Waals surface area contributed by atoms with Gasteiger partial charge in [0.1, 0.15) is 42.4 Å². The Labute approximate surface area is 180 Å². The van der Waals surface area contributed by atoms with Crippen molar-refractivity contribution in [3.63, 3.8) is 0 Å². The molecule has 3 rings (SSSR count). The first-order valence-corrected chi connectivity index (χ1v) is 9.79. The lowest BCUT2D eigenvalue weighted by molar-refractivity contribution is 0.0996. The molecule has 164 valence electrons. The third-order valence-corrected chi connectivity index (χ3v) is 4.54. The van der Waals surface area contributed by atoms with Crippen LogP contribution in [0.1, 0.15) is 10.4 Å². The van der Waals surface area contributed by atoms with Crippen molar-refractivity contribution in [2.24, 2.45) is 12.8 Å². The number of nitrogens with one attached hydrogen (secondary N) is 1. The van der Waals surface area contributed by atoms with Crippen LogP contribution < -0.4 is 20.5 Å². The largest absolute Gasteiger partial charge is 0.507 e. The van der Waals surface area contributed by atoms with Gasteiger partial charge in [-0.2, -0.15) is 0 Å². The maximum atomic E-state index is 11.2. The molecule has 0 bridgehead atoms. The number of hydrogen-bond donors (Lipinski definition) is 4. The van der Waals surface area contributed by atoms with Crippen molar-refractivity contribution in [2.45, 2.75) is 6.10 Å². The number of aromatic nitrogens is 2. The molecule has 1 unspecified atom stereocenters. The fourth-order valence-electron chi connectivity index (χ4n) is 2.91. The number of aryl methyl sites for hydroxylation is 1. The number of rotatable bonds is 11. The van der Waals surface area contributed by atoms with Crippen molar-refractivity contribution >= 4 is 5.91 Å². The predicted molar refractivity (Wildman–Crippen MR) is 115 cm³/mol. The molecule has 5 N–H and O–H groups in total.